The van der Waals surface area contributed by atoms with E-state index in [0.29, 0.717) is 48.1 Å². The van der Waals surface area contributed by atoms with Crippen LogP contribution in [-0.2, 0) is 18.3 Å². The zero-order valence-corrected chi connectivity index (χ0v) is 19.2. The van der Waals surface area contributed by atoms with Gasteiger partial charge >= 0.3 is 5.69 Å². The summed E-state index contributed by atoms with van der Waals surface area (Å²) in [7, 11) is 1.50. The van der Waals surface area contributed by atoms with Gasteiger partial charge in [-0.2, -0.15) is 0 Å². The summed E-state index contributed by atoms with van der Waals surface area (Å²) in [5.74, 6) is -0.230. The number of nitrogens with one attached hydrogen (secondary N) is 1. The fourth-order valence-electron chi connectivity index (χ4n) is 4.06. The minimum atomic E-state index is -0.375. The van der Waals surface area contributed by atoms with Gasteiger partial charge < -0.3 is 10.2 Å². The Morgan fingerprint density at radius 3 is 2.47 bits per heavy atom. The molecule has 2 aromatic heterocycles. The Balaban J connectivity index is 1.54. The van der Waals surface area contributed by atoms with Gasteiger partial charge in [-0.05, 0) is 38.3 Å². The first-order chi connectivity index (χ1) is 15.4. The second-order valence-corrected chi connectivity index (χ2v) is 8.92. The van der Waals surface area contributed by atoms with Gasteiger partial charge in [0.05, 0.1) is 11.4 Å². The van der Waals surface area contributed by atoms with Gasteiger partial charge in [0.25, 0.3) is 5.56 Å². The molecule has 1 aliphatic rings. The maximum Gasteiger partial charge on any atom is 0.335 e. The van der Waals surface area contributed by atoms with Crippen LogP contribution in [0.15, 0.2) is 39.9 Å². The molecular weight excluding hydrogens is 428 g/mol. The molecule has 3 heterocycles. The molecule has 0 radical (unpaired) electrons. The first-order valence-corrected chi connectivity index (χ1v) is 11.5. The zero-order chi connectivity index (χ0) is 22.8. The molecule has 168 valence electrons. The summed E-state index contributed by atoms with van der Waals surface area (Å²) in [6, 6.07) is 9.29. The number of amides is 1. The van der Waals surface area contributed by atoms with Crippen LogP contribution < -0.4 is 21.5 Å². The number of para-hydroxylation sites is 1. The number of anilines is 2. The normalized spacial score (nSPS) is 14.5. The zero-order valence-electron chi connectivity index (χ0n) is 18.4. The lowest BCUT2D eigenvalue weighted by Gasteiger charge is -2.33. The monoisotopic (exact) mass is 454 g/mol. The minimum Gasteiger partial charge on any atom is -0.366 e. The van der Waals surface area contributed by atoms with Gasteiger partial charge in [0.1, 0.15) is 10.7 Å². The van der Waals surface area contributed by atoms with Crippen LogP contribution in [0.1, 0.15) is 30.5 Å². The lowest BCUT2D eigenvalue weighted by Crippen LogP contribution is -2.46. The summed E-state index contributed by atoms with van der Waals surface area (Å²) < 4.78 is 2.71. The largest absolute Gasteiger partial charge is 0.366 e. The van der Waals surface area contributed by atoms with Crippen molar-refractivity contribution in [1.29, 1.82) is 0 Å². The highest BCUT2D eigenvalue weighted by Gasteiger charge is 2.29. The van der Waals surface area contributed by atoms with Gasteiger partial charge in [-0.25, -0.2) is 4.79 Å². The average Bonchev–Trinajstić information content (AvgIpc) is 3.26. The number of rotatable bonds is 5. The molecule has 1 aromatic carbocycles. The average molecular weight is 455 g/mol. The third kappa shape index (κ3) is 4.10. The van der Waals surface area contributed by atoms with Gasteiger partial charge in [0, 0.05) is 26.1 Å². The SMILES string of the molecule is CCc1nnc(NC(=O)C2CCN(c3c(C)n(-c4ccccc4)c(=O)n(C)c3=O)CC2)s1. The molecule has 0 unspecified atom stereocenters. The lowest BCUT2D eigenvalue weighted by atomic mass is 9.95. The number of benzene rings is 1. The maximum atomic E-state index is 13.0. The van der Waals surface area contributed by atoms with E-state index in [1.165, 1.54) is 18.4 Å². The van der Waals surface area contributed by atoms with Crippen molar-refractivity contribution < 1.29 is 4.79 Å². The maximum absolute atomic E-state index is 13.0. The Hall–Kier alpha value is -3.27. The number of carbonyl (C=O) groups is 1. The number of aromatic nitrogens is 4. The van der Waals surface area contributed by atoms with E-state index in [4.69, 9.17) is 0 Å². The summed E-state index contributed by atoms with van der Waals surface area (Å²) in [6.07, 6.45) is 2.00. The molecule has 1 fully saturated rings. The second kappa shape index (κ2) is 9.07. The van der Waals surface area contributed by atoms with Crippen molar-refractivity contribution in [2.45, 2.75) is 33.1 Å². The predicted octanol–water partition coefficient (Wildman–Crippen LogP) is 2.11. The third-order valence-electron chi connectivity index (χ3n) is 5.86. The topological polar surface area (TPSA) is 102 Å². The van der Waals surface area contributed by atoms with E-state index in [9.17, 15) is 14.4 Å². The number of aryl methyl sites for hydroxylation is 1. The number of nitrogens with zero attached hydrogens (tertiary/aromatic N) is 5. The van der Waals surface area contributed by atoms with Crippen LogP contribution >= 0.6 is 11.3 Å². The van der Waals surface area contributed by atoms with Crippen LogP contribution in [0.25, 0.3) is 5.69 Å². The Morgan fingerprint density at radius 1 is 1.16 bits per heavy atom. The fourth-order valence-corrected chi connectivity index (χ4v) is 4.75. The highest BCUT2D eigenvalue weighted by molar-refractivity contribution is 7.15. The van der Waals surface area contributed by atoms with E-state index in [1.807, 2.05) is 42.2 Å². The molecule has 1 N–H and O–H groups in total. The predicted molar refractivity (Wildman–Crippen MR) is 125 cm³/mol. The highest BCUT2D eigenvalue weighted by atomic mass is 32.1. The molecule has 32 heavy (non-hydrogen) atoms. The molecule has 1 aliphatic heterocycles. The molecule has 1 amide bonds. The van der Waals surface area contributed by atoms with Crippen molar-refractivity contribution in [1.82, 2.24) is 19.3 Å². The Bertz CT molecular complexity index is 1240. The van der Waals surface area contributed by atoms with Crippen molar-refractivity contribution in [3.63, 3.8) is 0 Å². The van der Waals surface area contributed by atoms with Gasteiger partial charge in [0.2, 0.25) is 11.0 Å². The fraction of sp³-hybridized carbons (Fsp3) is 0.409. The molecule has 1 saturated heterocycles. The van der Waals surface area contributed by atoms with E-state index < -0.39 is 0 Å². The molecule has 9 nitrogen and oxygen atoms in total. The highest BCUT2D eigenvalue weighted by Crippen LogP contribution is 2.25. The van der Waals surface area contributed by atoms with E-state index in [-0.39, 0.29) is 23.1 Å². The van der Waals surface area contributed by atoms with Crippen molar-refractivity contribution >= 4 is 28.1 Å². The van der Waals surface area contributed by atoms with Crippen LogP contribution in [-0.4, -0.2) is 38.3 Å². The summed E-state index contributed by atoms with van der Waals surface area (Å²) in [6.45, 7) is 4.90. The van der Waals surface area contributed by atoms with E-state index >= 15 is 0 Å². The molecule has 3 aromatic rings. The number of piperidine rings is 1. The Morgan fingerprint density at radius 2 is 1.84 bits per heavy atom. The van der Waals surface area contributed by atoms with E-state index in [1.54, 1.807) is 11.5 Å². The molecule has 0 atom stereocenters. The van der Waals surface area contributed by atoms with Crippen molar-refractivity contribution in [3.8, 4) is 5.69 Å². The second-order valence-electron chi connectivity index (χ2n) is 7.86. The van der Waals surface area contributed by atoms with Crippen molar-refractivity contribution in [3.05, 3.63) is 61.9 Å². The lowest BCUT2D eigenvalue weighted by molar-refractivity contribution is -0.120. The molecule has 0 spiro atoms. The summed E-state index contributed by atoms with van der Waals surface area (Å²) in [5, 5.41) is 12.3. The molecular formula is C22H26N6O3S. The van der Waals surface area contributed by atoms with E-state index in [0.717, 1.165) is 16.0 Å². The van der Waals surface area contributed by atoms with Gasteiger partial charge in [0.15, 0.2) is 0 Å². The van der Waals surface area contributed by atoms with Crippen LogP contribution in [0.5, 0.6) is 0 Å². The summed E-state index contributed by atoms with van der Waals surface area (Å²) in [5.41, 5.74) is 1.13. The summed E-state index contributed by atoms with van der Waals surface area (Å²) in [4.78, 5) is 40.5. The number of hydrogen-bond acceptors (Lipinski definition) is 7. The van der Waals surface area contributed by atoms with Crippen LogP contribution in [0.3, 0.4) is 0 Å². The first kappa shape index (κ1) is 21.9. The standard InChI is InChI=1S/C22H26N6O3S/c1-4-17-24-25-21(32-17)23-19(29)15-10-12-27(13-11-15)18-14(2)28(16-8-6-5-7-9-16)22(31)26(3)20(18)30/h5-9,15H,4,10-13H2,1-3H3,(H,23,25,29). The van der Waals surface area contributed by atoms with Gasteiger partial charge in [-0.3, -0.25) is 18.7 Å². The Labute approximate surface area is 189 Å². The number of hydrogen-bond donors (Lipinski definition) is 1. The molecule has 10 heteroatoms. The quantitative estimate of drug-likeness (QED) is 0.634. The van der Waals surface area contributed by atoms with Gasteiger partial charge in [-0.15, -0.1) is 10.2 Å². The van der Waals surface area contributed by atoms with E-state index in [2.05, 4.69) is 15.5 Å². The number of carbonyl (C=O) groups excluding carboxylic acids is 1. The molecule has 0 bridgehead atoms. The molecule has 0 aliphatic carbocycles. The summed E-state index contributed by atoms with van der Waals surface area (Å²) >= 11 is 1.39. The van der Waals surface area contributed by atoms with Crippen molar-refractivity contribution in [2.75, 3.05) is 23.3 Å². The van der Waals surface area contributed by atoms with Crippen LogP contribution in [0.2, 0.25) is 0 Å². The molecule has 0 saturated carbocycles. The van der Waals surface area contributed by atoms with Crippen LogP contribution in [0.4, 0.5) is 10.8 Å². The minimum absolute atomic E-state index is 0.0673. The third-order valence-corrected chi connectivity index (χ3v) is 6.84. The first-order valence-electron chi connectivity index (χ1n) is 10.7. The van der Waals surface area contributed by atoms with Crippen molar-refractivity contribution in [2.24, 2.45) is 13.0 Å². The molecule has 4 rings (SSSR count). The smallest absolute Gasteiger partial charge is 0.335 e. The van der Waals surface area contributed by atoms with Crippen LogP contribution in [0, 0.1) is 12.8 Å². The Kier molecular flexibility index (Phi) is 6.22. The van der Waals surface area contributed by atoms with Gasteiger partial charge in [-0.1, -0.05) is 36.5 Å².